The zero-order valence-electron chi connectivity index (χ0n) is 10.3. The molecule has 18 heavy (non-hydrogen) atoms. The Bertz CT molecular complexity index is 473. The molecule has 0 spiro atoms. The zero-order chi connectivity index (χ0) is 13.9. The number of hydrogen-bond donors (Lipinski definition) is 1. The Morgan fingerprint density at radius 3 is 2.44 bits per heavy atom. The summed E-state index contributed by atoms with van der Waals surface area (Å²) in [6.07, 6.45) is -0.768. The van der Waals surface area contributed by atoms with Crippen molar-refractivity contribution in [1.29, 1.82) is 0 Å². The summed E-state index contributed by atoms with van der Waals surface area (Å²) in [7, 11) is 3.16. The van der Waals surface area contributed by atoms with Crippen molar-refractivity contribution >= 4 is 11.9 Å². The molecule has 1 rings (SSSR count). The summed E-state index contributed by atoms with van der Waals surface area (Å²) in [6, 6.07) is 3.36. The lowest BCUT2D eigenvalue weighted by Crippen LogP contribution is -2.35. The lowest BCUT2D eigenvalue weighted by Gasteiger charge is -2.18. The lowest BCUT2D eigenvalue weighted by atomic mass is 10.2. The Morgan fingerprint density at radius 1 is 1.39 bits per heavy atom. The number of likely N-dealkylation sites (N-methyl/N-ethyl adjacent to an activating group) is 1. The van der Waals surface area contributed by atoms with E-state index in [1.807, 2.05) is 0 Å². The number of carboxylic acids is 1. The first-order chi connectivity index (χ1) is 8.32. The Labute approximate surface area is 104 Å². The van der Waals surface area contributed by atoms with E-state index in [-0.39, 0.29) is 11.7 Å². The lowest BCUT2D eigenvalue weighted by molar-refractivity contribution is -0.135. The first-order valence-corrected chi connectivity index (χ1v) is 5.23. The van der Waals surface area contributed by atoms with Gasteiger partial charge in [0.2, 0.25) is 0 Å². The minimum Gasteiger partial charge on any atom is -0.481 e. The smallest absolute Gasteiger partial charge is 0.338 e. The Morgan fingerprint density at radius 2 is 2.00 bits per heavy atom. The molecule has 1 amide bonds. The number of rotatable bonds is 4. The fourth-order valence-electron chi connectivity index (χ4n) is 1.36. The van der Waals surface area contributed by atoms with Crippen LogP contribution in [0.15, 0.2) is 18.2 Å². The summed E-state index contributed by atoms with van der Waals surface area (Å²) in [4.78, 5) is 23.5. The summed E-state index contributed by atoms with van der Waals surface area (Å²) in [5, 5.41) is 8.66. The number of hydrogen-bond acceptors (Lipinski definition) is 3. The first-order valence-electron chi connectivity index (χ1n) is 5.23. The number of benzene rings is 1. The minimum absolute atomic E-state index is 0.111. The monoisotopic (exact) mass is 255 g/mol. The van der Waals surface area contributed by atoms with Crippen LogP contribution in [-0.4, -0.2) is 42.1 Å². The van der Waals surface area contributed by atoms with Gasteiger partial charge in [0.05, 0.1) is 5.56 Å². The van der Waals surface area contributed by atoms with Gasteiger partial charge in [0.15, 0.2) is 6.10 Å². The number of ether oxygens (including phenoxy) is 1. The van der Waals surface area contributed by atoms with Crippen LogP contribution in [-0.2, 0) is 4.79 Å². The molecule has 6 heteroatoms. The van der Waals surface area contributed by atoms with Crippen LogP contribution < -0.4 is 4.74 Å². The Kier molecular flexibility index (Phi) is 4.25. The third-order valence-corrected chi connectivity index (χ3v) is 2.27. The quantitative estimate of drug-likeness (QED) is 0.882. The van der Waals surface area contributed by atoms with E-state index in [0.717, 1.165) is 12.1 Å². The van der Waals surface area contributed by atoms with E-state index in [2.05, 4.69) is 0 Å². The van der Waals surface area contributed by atoms with Crippen molar-refractivity contribution in [1.82, 2.24) is 4.90 Å². The van der Waals surface area contributed by atoms with E-state index in [4.69, 9.17) is 9.84 Å². The van der Waals surface area contributed by atoms with Gasteiger partial charge < -0.3 is 14.7 Å². The Hall–Kier alpha value is -2.11. The highest BCUT2D eigenvalue weighted by Gasteiger charge is 2.18. The van der Waals surface area contributed by atoms with E-state index < -0.39 is 23.5 Å². The van der Waals surface area contributed by atoms with Crippen LogP contribution in [0.5, 0.6) is 5.75 Å². The molecule has 98 valence electrons. The van der Waals surface area contributed by atoms with E-state index >= 15 is 0 Å². The van der Waals surface area contributed by atoms with Gasteiger partial charge in [-0.05, 0) is 19.1 Å². The molecule has 0 aliphatic heterocycles. The van der Waals surface area contributed by atoms with Gasteiger partial charge in [-0.3, -0.25) is 4.79 Å². The van der Waals surface area contributed by atoms with Gasteiger partial charge in [-0.25, -0.2) is 9.18 Å². The number of nitrogens with zero attached hydrogens (tertiary/aromatic N) is 1. The van der Waals surface area contributed by atoms with Crippen LogP contribution in [0.25, 0.3) is 0 Å². The number of carbonyl (C=O) groups excluding carboxylic acids is 1. The molecule has 0 bridgehead atoms. The van der Waals surface area contributed by atoms with Crippen LogP contribution in [0, 0.1) is 5.82 Å². The summed E-state index contributed by atoms with van der Waals surface area (Å²) >= 11 is 0. The molecule has 0 aliphatic carbocycles. The third kappa shape index (κ3) is 3.19. The highest BCUT2D eigenvalue weighted by atomic mass is 19.1. The van der Waals surface area contributed by atoms with E-state index in [1.165, 1.54) is 17.9 Å². The minimum atomic E-state index is -1.35. The molecule has 0 radical (unpaired) electrons. The van der Waals surface area contributed by atoms with Gasteiger partial charge >= 0.3 is 5.97 Å². The second kappa shape index (κ2) is 5.48. The molecular formula is C12H14FNO4. The predicted octanol–water partition coefficient (Wildman–Crippen LogP) is 1.38. The molecule has 0 heterocycles. The third-order valence-electron chi connectivity index (χ3n) is 2.27. The number of aromatic carboxylic acids is 1. The van der Waals surface area contributed by atoms with Crippen LogP contribution >= 0.6 is 0 Å². The maximum atomic E-state index is 13.4. The van der Waals surface area contributed by atoms with Crippen LogP contribution in [0.4, 0.5) is 4.39 Å². The van der Waals surface area contributed by atoms with Crippen molar-refractivity contribution in [3.63, 3.8) is 0 Å². The number of carbonyl (C=O) groups is 2. The van der Waals surface area contributed by atoms with Crippen molar-refractivity contribution in [2.75, 3.05) is 14.1 Å². The van der Waals surface area contributed by atoms with Crippen molar-refractivity contribution in [3.8, 4) is 5.75 Å². The molecule has 1 unspecified atom stereocenters. The van der Waals surface area contributed by atoms with Gasteiger partial charge in [0.25, 0.3) is 5.91 Å². The summed E-state index contributed by atoms with van der Waals surface area (Å²) in [6.45, 7) is 1.53. The largest absolute Gasteiger partial charge is 0.481 e. The van der Waals surface area contributed by atoms with Crippen LogP contribution in [0.3, 0.4) is 0 Å². The van der Waals surface area contributed by atoms with Crippen LogP contribution in [0.2, 0.25) is 0 Å². The molecule has 1 aromatic rings. The first kappa shape index (κ1) is 14.0. The summed E-state index contributed by atoms with van der Waals surface area (Å²) in [5.74, 6) is -2.40. The van der Waals surface area contributed by atoms with Gasteiger partial charge in [0.1, 0.15) is 11.6 Å². The van der Waals surface area contributed by atoms with Crippen molar-refractivity contribution in [3.05, 3.63) is 29.6 Å². The fraction of sp³-hybridized carbons (Fsp3) is 0.333. The second-order valence-electron chi connectivity index (χ2n) is 3.94. The molecule has 1 atom stereocenters. The second-order valence-corrected chi connectivity index (χ2v) is 3.94. The highest BCUT2D eigenvalue weighted by Crippen LogP contribution is 2.18. The van der Waals surface area contributed by atoms with Gasteiger partial charge in [-0.1, -0.05) is 0 Å². The predicted molar refractivity (Wildman–Crippen MR) is 62.1 cm³/mol. The number of carboxylic acid groups (broad SMARTS) is 1. The van der Waals surface area contributed by atoms with Crippen LogP contribution in [0.1, 0.15) is 17.3 Å². The maximum Gasteiger partial charge on any atom is 0.338 e. The molecular weight excluding hydrogens is 241 g/mol. The van der Waals surface area contributed by atoms with Gasteiger partial charge in [-0.2, -0.15) is 0 Å². The van der Waals surface area contributed by atoms with Gasteiger partial charge in [0, 0.05) is 20.2 Å². The normalized spacial score (nSPS) is 11.8. The van der Waals surface area contributed by atoms with Crippen molar-refractivity contribution in [2.24, 2.45) is 0 Å². The SMILES string of the molecule is CC(Oc1ccc(C(=O)O)c(F)c1)C(=O)N(C)C. The molecule has 1 N–H and O–H groups in total. The zero-order valence-corrected chi connectivity index (χ0v) is 10.3. The molecule has 0 aliphatic rings. The standard InChI is InChI=1S/C12H14FNO4/c1-7(11(15)14(2)3)18-8-4-5-9(12(16)17)10(13)6-8/h4-7H,1-3H3,(H,16,17). The molecule has 0 fully saturated rings. The molecule has 0 saturated carbocycles. The van der Waals surface area contributed by atoms with E-state index in [0.29, 0.717) is 0 Å². The van der Waals surface area contributed by atoms with E-state index in [1.54, 1.807) is 14.1 Å². The molecule has 1 aromatic carbocycles. The topological polar surface area (TPSA) is 66.8 Å². The molecule has 0 aromatic heterocycles. The van der Waals surface area contributed by atoms with E-state index in [9.17, 15) is 14.0 Å². The summed E-state index contributed by atoms with van der Waals surface area (Å²) in [5.41, 5.74) is -0.436. The number of amides is 1. The highest BCUT2D eigenvalue weighted by molar-refractivity contribution is 5.88. The number of halogens is 1. The average molecular weight is 255 g/mol. The average Bonchev–Trinajstić information content (AvgIpc) is 2.27. The van der Waals surface area contributed by atoms with Crippen molar-refractivity contribution < 1.29 is 23.8 Å². The molecule has 0 saturated heterocycles. The van der Waals surface area contributed by atoms with Gasteiger partial charge in [-0.15, -0.1) is 0 Å². The molecule has 5 nitrogen and oxygen atoms in total. The van der Waals surface area contributed by atoms with Crippen molar-refractivity contribution in [2.45, 2.75) is 13.0 Å². The summed E-state index contributed by atoms with van der Waals surface area (Å²) < 4.78 is 18.6. The maximum absolute atomic E-state index is 13.4. The fourth-order valence-corrected chi connectivity index (χ4v) is 1.36. The Balaban J connectivity index is 2.84.